The van der Waals surface area contributed by atoms with E-state index >= 15 is 0 Å². The number of fused-ring (bicyclic) bond motifs is 1. The van der Waals surface area contributed by atoms with E-state index in [2.05, 4.69) is 25.8 Å². The van der Waals surface area contributed by atoms with Crippen LogP contribution in [0.3, 0.4) is 0 Å². The first-order chi connectivity index (χ1) is 14.4. The van der Waals surface area contributed by atoms with Gasteiger partial charge in [0.05, 0.1) is 22.0 Å². The lowest BCUT2D eigenvalue weighted by atomic mass is 10.2. The molecule has 0 aliphatic carbocycles. The number of nitrogens with zero attached hydrogens (tertiary/aromatic N) is 2. The van der Waals surface area contributed by atoms with E-state index in [9.17, 15) is 14.4 Å². The molecule has 156 valence electrons. The third kappa shape index (κ3) is 5.05. The summed E-state index contributed by atoms with van der Waals surface area (Å²) in [5.74, 6) is -1.55. The number of para-hydroxylation sites is 1. The quantitative estimate of drug-likeness (QED) is 0.476. The van der Waals surface area contributed by atoms with E-state index in [4.69, 9.17) is 27.9 Å². The highest BCUT2D eigenvalue weighted by atomic mass is 35.5. The van der Waals surface area contributed by atoms with Gasteiger partial charge in [-0.1, -0.05) is 41.4 Å². The van der Waals surface area contributed by atoms with Gasteiger partial charge in [-0.25, -0.2) is 4.98 Å². The smallest absolute Gasteiger partial charge is 0.308 e. The maximum atomic E-state index is 12.2. The van der Waals surface area contributed by atoms with Gasteiger partial charge in [-0.15, -0.1) is 0 Å². The van der Waals surface area contributed by atoms with Crippen molar-refractivity contribution in [2.45, 2.75) is 13.3 Å². The van der Waals surface area contributed by atoms with Gasteiger partial charge in [-0.05, 0) is 18.6 Å². The number of amides is 2. The summed E-state index contributed by atoms with van der Waals surface area (Å²) in [6.07, 6.45) is 1.25. The Labute approximate surface area is 181 Å². The molecule has 2 heterocycles. The second kappa shape index (κ2) is 9.55. The number of carbonyl (C=O) groups excluding carboxylic acids is 3. The minimum absolute atomic E-state index is 0.0320. The van der Waals surface area contributed by atoms with Gasteiger partial charge in [0.25, 0.3) is 11.8 Å². The second-order valence-electron chi connectivity index (χ2n) is 6.23. The van der Waals surface area contributed by atoms with Gasteiger partial charge in [0.15, 0.2) is 18.1 Å². The number of pyridine rings is 1. The molecule has 3 N–H and O–H groups in total. The number of carbonyl (C=O) groups is 3. The molecule has 0 radical (unpaired) electrons. The van der Waals surface area contributed by atoms with Crippen LogP contribution in [0.15, 0.2) is 30.5 Å². The van der Waals surface area contributed by atoms with Gasteiger partial charge in [0.1, 0.15) is 0 Å². The number of aromatic nitrogens is 3. The molecule has 2 amide bonds. The Kier molecular flexibility index (Phi) is 6.86. The number of H-pyrrole nitrogens is 1. The molecule has 0 saturated heterocycles. The van der Waals surface area contributed by atoms with E-state index in [1.54, 1.807) is 25.1 Å². The fraction of sp³-hybridized carbons (Fsp3) is 0.211. The highest BCUT2D eigenvalue weighted by Gasteiger charge is 2.15. The lowest BCUT2D eigenvalue weighted by Gasteiger charge is -2.09. The number of rotatable bonds is 7. The monoisotopic (exact) mass is 449 g/mol. The van der Waals surface area contributed by atoms with Gasteiger partial charge in [0.2, 0.25) is 0 Å². The van der Waals surface area contributed by atoms with Crippen LogP contribution in [-0.2, 0) is 14.3 Å². The van der Waals surface area contributed by atoms with Gasteiger partial charge in [-0.2, -0.15) is 5.10 Å². The molecule has 11 heteroatoms. The Hall–Kier alpha value is -3.17. The fourth-order valence-corrected chi connectivity index (χ4v) is 2.92. The molecule has 3 rings (SSSR count). The minimum Gasteiger partial charge on any atom is -0.456 e. The maximum Gasteiger partial charge on any atom is 0.308 e. The van der Waals surface area contributed by atoms with Gasteiger partial charge >= 0.3 is 5.97 Å². The minimum atomic E-state index is -0.649. The molecule has 0 spiro atoms. The summed E-state index contributed by atoms with van der Waals surface area (Å²) in [5, 5.41) is 13.0. The number of halogens is 2. The average Bonchev–Trinajstić information content (AvgIpc) is 3.17. The van der Waals surface area contributed by atoms with Crippen LogP contribution in [0.1, 0.15) is 22.5 Å². The summed E-state index contributed by atoms with van der Waals surface area (Å²) in [5.41, 5.74) is 1.54. The average molecular weight is 450 g/mol. The van der Waals surface area contributed by atoms with E-state index in [0.717, 1.165) is 5.52 Å². The molecule has 0 aliphatic rings. The van der Waals surface area contributed by atoms with Crippen LogP contribution in [0, 0.1) is 6.92 Å². The molecule has 9 nitrogen and oxygen atoms in total. The third-order valence-electron chi connectivity index (χ3n) is 4.12. The van der Waals surface area contributed by atoms with Crippen molar-refractivity contribution >= 4 is 57.7 Å². The summed E-state index contributed by atoms with van der Waals surface area (Å²) in [6.45, 7) is 1.20. The number of aromatic amines is 1. The zero-order chi connectivity index (χ0) is 21.7. The van der Waals surface area contributed by atoms with Crippen LogP contribution in [0.2, 0.25) is 10.0 Å². The first kappa shape index (κ1) is 21.5. The maximum absolute atomic E-state index is 12.2. The van der Waals surface area contributed by atoms with Crippen molar-refractivity contribution in [1.82, 2.24) is 20.5 Å². The molecule has 0 atom stereocenters. The van der Waals surface area contributed by atoms with E-state index in [0.29, 0.717) is 16.0 Å². The van der Waals surface area contributed by atoms with Crippen molar-refractivity contribution in [3.63, 3.8) is 0 Å². The second-order valence-corrected chi connectivity index (χ2v) is 7.01. The van der Waals surface area contributed by atoms with Gasteiger partial charge in [0, 0.05) is 18.1 Å². The van der Waals surface area contributed by atoms with Crippen LogP contribution in [0.4, 0.5) is 5.82 Å². The summed E-state index contributed by atoms with van der Waals surface area (Å²) in [6, 6.07) is 7.19. The molecule has 3 aromatic rings. The Morgan fingerprint density at radius 1 is 1.20 bits per heavy atom. The number of benzene rings is 1. The topological polar surface area (TPSA) is 126 Å². The van der Waals surface area contributed by atoms with Gasteiger partial charge < -0.3 is 15.4 Å². The standard InChI is InChI=1S/C19H17Cl2N5O4/c1-10-12(20)8-23-18(16(10)21)24-14(27)9-30-15(28)6-7-22-19(29)17-11-4-2-3-5-13(11)25-26-17/h2-5,8H,6-7,9H2,1H3,(H,22,29)(H,25,26)(H,23,24,27). The number of nitrogens with one attached hydrogen (secondary N) is 3. The van der Waals surface area contributed by atoms with E-state index in [1.807, 2.05) is 6.07 Å². The largest absolute Gasteiger partial charge is 0.456 e. The van der Waals surface area contributed by atoms with Crippen molar-refractivity contribution in [3.05, 3.63) is 51.8 Å². The van der Waals surface area contributed by atoms with Gasteiger partial charge in [-0.3, -0.25) is 19.5 Å². The van der Waals surface area contributed by atoms with Crippen molar-refractivity contribution < 1.29 is 19.1 Å². The molecular weight excluding hydrogens is 433 g/mol. The molecular formula is C19H17Cl2N5O4. The third-order valence-corrected chi connectivity index (χ3v) is 4.97. The number of ether oxygens (including phenoxy) is 1. The zero-order valence-corrected chi connectivity index (χ0v) is 17.3. The first-order valence-electron chi connectivity index (χ1n) is 8.84. The molecule has 0 bridgehead atoms. The Balaban J connectivity index is 1.42. The van der Waals surface area contributed by atoms with Crippen molar-refractivity contribution in [2.75, 3.05) is 18.5 Å². The molecule has 0 saturated carbocycles. The summed E-state index contributed by atoms with van der Waals surface area (Å²) in [4.78, 5) is 39.9. The SMILES string of the molecule is Cc1c(Cl)cnc(NC(=O)COC(=O)CCNC(=O)c2n[nH]c3ccccc23)c1Cl. The summed E-state index contributed by atoms with van der Waals surface area (Å²) in [7, 11) is 0. The lowest BCUT2D eigenvalue weighted by Crippen LogP contribution is -2.28. The van der Waals surface area contributed by atoms with Crippen molar-refractivity contribution in [3.8, 4) is 0 Å². The van der Waals surface area contributed by atoms with Crippen LogP contribution < -0.4 is 10.6 Å². The number of anilines is 1. The Morgan fingerprint density at radius 2 is 1.97 bits per heavy atom. The predicted octanol–water partition coefficient (Wildman–Crippen LogP) is 2.87. The van der Waals surface area contributed by atoms with Crippen molar-refractivity contribution in [2.24, 2.45) is 0 Å². The highest BCUT2D eigenvalue weighted by molar-refractivity contribution is 6.37. The Bertz CT molecular complexity index is 1120. The van der Waals surface area contributed by atoms with E-state index in [1.165, 1.54) is 6.20 Å². The normalized spacial score (nSPS) is 10.6. The first-order valence-corrected chi connectivity index (χ1v) is 9.59. The summed E-state index contributed by atoms with van der Waals surface area (Å²) < 4.78 is 4.89. The van der Waals surface area contributed by atoms with Crippen LogP contribution >= 0.6 is 23.2 Å². The summed E-state index contributed by atoms with van der Waals surface area (Å²) >= 11 is 12.0. The molecule has 30 heavy (non-hydrogen) atoms. The number of esters is 1. The molecule has 0 aliphatic heterocycles. The molecule has 1 aromatic carbocycles. The zero-order valence-electron chi connectivity index (χ0n) is 15.8. The lowest BCUT2D eigenvalue weighted by molar-refractivity contribution is -0.147. The molecule has 0 fully saturated rings. The van der Waals surface area contributed by atoms with E-state index in [-0.39, 0.29) is 29.5 Å². The number of hydrogen-bond acceptors (Lipinski definition) is 6. The van der Waals surface area contributed by atoms with Crippen LogP contribution in [0.25, 0.3) is 10.9 Å². The van der Waals surface area contributed by atoms with Crippen LogP contribution in [0.5, 0.6) is 0 Å². The molecule has 2 aromatic heterocycles. The highest BCUT2D eigenvalue weighted by Crippen LogP contribution is 2.28. The van der Waals surface area contributed by atoms with Crippen molar-refractivity contribution in [1.29, 1.82) is 0 Å². The number of hydrogen-bond donors (Lipinski definition) is 3. The Morgan fingerprint density at radius 3 is 2.77 bits per heavy atom. The fourth-order valence-electron chi connectivity index (χ4n) is 2.53. The van der Waals surface area contributed by atoms with E-state index < -0.39 is 24.4 Å². The molecule has 0 unspecified atom stereocenters. The predicted molar refractivity (Wildman–Crippen MR) is 112 cm³/mol. The van der Waals surface area contributed by atoms with Crippen LogP contribution in [-0.4, -0.2) is 46.1 Å².